The molecular weight excluding hydrogens is 442 g/mol. The maximum atomic E-state index is 13.2. The van der Waals surface area contributed by atoms with Crippen molar-refractivity contribution in [2.24, 2.45) is 0 Å². The van der Waals surface area contributed by atoms with E-state index in [0.717, 1.165) is 10.0 Å². The van der Waals surface area contributed by atoms with E-state index in [0.29, 0.717) is 33.6 Å². The lowest BCUT2D eigenvalue weighted by Crippen LogP contribution is -2.45. The van der Waals surface area contributed by atoms with Crippen LogP contribution in [0.2, 0.25) is 0 Å². The highest BCUT2D eigenvalue weighted by molar-refractivity contribution is 9.10. The van der Waals surface area contributed by atoms with E-state index < -0.39 is 0 Å². The summed E-state index contributed by atoms with van der Waals surface area (Å²) in [4.78, 5) is 13.2. The zero-order chi connectivity index (χ0) is 20.3. The molecule has 3 N–H and O–H groups in total. The highest BCUT2D eigenvalue weighted by Crippen LogP contribution is 2.32. The highest BCUT2D eigenvalue weighted by Gasteiger charge is 2.30. The number of thiocarbonyl (C=S) groups is 1. The summed E-state index contributed by atoms with van der Waals surface area (Å²) in [5.41, 5.74) is 2.73. The van der Waals surface area contributed by atoms with Gasteiger partial charge in [0.1, 0.15) is 11.5 Å². The minimum Gasteiger partial charge on any atom is -0.497 e. The molecule has 3 rings (SSSR count). The molecule has 0 saturated carbocycles. The summed E-state index contributed by atoms with van der Waals surface area (Å²) in [5, 5.41) is 9.62. The molecule has 0 saturated heterocycles. The molecule has 1 atom stereocenters. The van der Waals surface area contributed by atoms with E-state index in [1.165, 1.54) is 0 Å². The van der Waals surface area contributed by atoms with Crippen molar-refractivity contribution in [2.75, 3.05) is 19.5 Å². The summed E-state index contributed by atoms with van der Waals surface area (Å²) in [7, 11) is 3.12. The number of allylic oxidation sites excluding steroid dienone is 1. The fraction of sp³-hybridized carbons (Fsp3) is 0.200. The number of carbonyl (C=O) groups is 1. The Morgan fingerprint density at radius 1 is 1.14 bits per heavy atom. The molecule has 0 bridgehead atoms. The predicted molar refractivity (Wildman–Crippen MR) is 117 cm³/mol. The third-order valence-corrected chi connectivity index (χ3v) is 5.12. The first kappa shape index (κ1) is 20.2. The molecule has 0 radical (unpaired) electrons. The summed E-state index contributed by atoms with van der Waals surface area (Å²) >= 11 is 8.73. The summed E-state index contributed by atoms with van der Waals surface area (Å²) in [6.07, 6.45) is 0. The van der Waals surface area contributed by atoms with Gasteiger partial charge in [0.25, 0.3) is 5.91 Å². The van der Waals surface area contributed by atoms with Crippen LogP contribution >= 0.6 is 28.1 Å². The lowest BCUT2D eigenvalue weighted by atomic mass is 9.95. The quantitative estimate of drug-likeness (QED) is 0.586. The Morgan fingerprint density at radius 2 is 1.86 bits per heavy atom. The Morgan fingerprint density at radius 3 is 2.50 bits per heavy atom. The van der Waals surface area contributed by atoms with Gasteiger partial charge >= 0.3 is 0 Å². The van der Waals surface area contributed by atoms with Crippen LogP contribution < -0.4 is 25.4 Å². The molecule has 1 aliphatic rings. The van der Waals surface area contributed by atoms with Crippen molar-refractivity contribution in [3.8, 4) is 11.5 Å². The number of ether oxygens (including phenoxy) is 2. The van der Waals surface area contributed by atoms with Gasteiger partial charge < -0.3 is 25.4 Å². The number of methoxy groups -OCH3 is 2. The number of hydrogen-bond acceptors (Lipinski definition) is 4. The molecule has 0 aromatic heterocycles. The highest BCUT2D eigenvalue weighted by atomic mass is 79.9. The van der Waals surface area contributed by atoms with E-state index in [4.69, 9.17) is 21.7 Å². The third-order valence-electron chi connectivity index (χ3n) is 4.37. The van der Waals surface area contributed by atoms with Gasteiger partial charge in [-0.15, -0.1) is 0 Å². The number of hydrogen-bond donors (Lipinski definition) is 3. The molecule has 6 nitrogen and oxygen atoms in total. The first-order valence-corrected chi connectivity index (χ1v) is 9.70. The monoisotopic (exact) mass is 461 g/mol. The van der Waals surface area contributed by atoms with Crippen LogP contribution in [-0.2, 0) is 4.79 Å². The smallest absolute Gasteiger partial charge is 0.255 e. The second kappa shape index (κ2) is 8.62. The molecule has 146 valence electrons. The Balaban J connectivity index is 1.94. The van der Waals surface area contributed by atoms with Gasteiger partial charge in [-0.3, -0.25) is 4.79 Å². The van der Waals surface area contributed by atoms with Crippen LogP contribution in [-0.4, -0.2) is 25.2 Å². The Kier molecular flexibility index (Phi) is 6.21. The largest absolute Gasteiger partial charge is 0.497 e. The molecule has 1 aliphatic heterocycles. The summed E-state index contributed by atoms with van der Waals surface area (Å²) in [5.74, 6) is 0.902. The Hall–Kier alpha value is -2.58. The predicted octanol–water partition coefficient (Wildman–Crippen LogP) is 3.90. The normalized spacial score (nSPS) is 16.1. The topological polar surface area (TPSA) is 71.6 Å². The lowest BCUT2D eigenvalue weighted by molar-refractivity contribution is -0.113. The van der Waals surface area contributed by atoms with E-state index >= 15 is 0 Å². The van der Waals surface area contributed by atoms with Crippen LogP contribution in [0.4, 0.5) is 5.69 Å². The van der Waals surface area contributed by atoms with Crippen molar-refractivity contribution >= 4 is 44.9 Å². The summed E-state index contributed by atoms with van der Waals surface area (Å²) < 4.78 is 11.5. The van der Waals surface area contributed by atoms with Gasteiger partial charge in [-0.05, 0) is 49.0 Å². The zero-order valence-electron chi connectivity index (χ0n) is 15.6. The van der Waals surface area contributed by atoms with Crippen molar-refractivity contribution in [2.45, 2.75) is 13.0 Å². The van der Waals surface area contributed by atoms with Gasteiger partial charge in [-0.1, -0.05) is 28.1 Å². The molecule has 1 amide bonds. The molecule has 1 unspecified atom stereocenters. The van der Waals surface area contributed by atoms with Crippen molar-refractivity contribution in [1.82, 2.24) is 10.6 Å². The molecule has 0 spiro atoms. The first-order valence-electron chi connectivity index (χ1n) is 8.50. The zero-order valence-corrected chi connectivity index (χ0v) is 18.0. The minimum absolute atomic E-state index is 0.253. The number of halogens is 1. The molecule has 2 aromatic carbocycles. The number of rotatable bonds is 5. The maximum absolute atomic E-state index is 13.2. The van der Waals surface area contributed by atoms with E-state index in [2.05, 4.69) is 31.9 Å². The van der Waals surface area contributed by atoms with Crippen LogP contribution in [0.15, 0.2) is 58.2 Å². The molecule has 0 fully saturated rings. The average molecular weight is 462 g/mol. The van der Waals surface area contributed by atoms with Crippen LogP contribution in [0, 0.1) is 0 Å². The molecule has 8 heteroatoms. The molecular formula is C20H20BrN3O3S. The fourth-order valence-electron chi connectivity index (χ4n) is 2.99. The number of amides is 1. The first-order chi connectivity index (χ1) is 13.4. The summed E-state index contributed by atoms with van der Waals surface area (Å²) in [6, 6.07) is 12.6. The van der Waals surface area contributed by atoms with E-state index in [-0.39, 0.29) is 11.9 Å². The van der Waals surface area contributed by atoms with Gasteiger partial charge in [-0.2, -0.15) is 0 Å². The van der Waals surface area contributed by atoms with E-state index in [1.807, 2.05) is 31.2 Å². The van der Waals surface area contributed by atoms with Crippen LogP contribution in [0.3, 0.4) is 0 Å². The minimum atomic E-state index is -0.369. The molecule has 28 heavy (non-hydrogen) atoms. The average Bonchev–Trinajstić information content (AvgIpc) is 2.68. The van der Waals surface area contributed by atoms with Crippen LogP contribution in [0.5, 0.6) is 11.5 Å². The molecule has 1 heterocycles. The van der Waals surface area contributed by atoms with E-state index in [9.17, 15) is 4.79 Å². The Labute approximate surface area is 177 Å². The fourth-order valence-corrected chi connectivity index (χ4v) is 3.53. The SMILES string of the molecule is COc1ccc(NC(=O)C2=C(C)NC(=S)NC2c2ccc(Br)cc2)c(OC)c1. The Bertz CT molecular complexity index is 944. The lowest BCUT2D eigenvalue weighted by Gasteiger charge is -2.30. The van der Waals surface area contributed by atoms with Crippen molar-refractivity contribution in [3.63, 3.8) is 0 Å². The van der Waals surface area contributed by atoms with Gasteiger partial charge in [0.05, 0.1) is 31.5 Å². The number of anilines is 1. The maximum Gasteiger partial charge on any atom is 0.255 e. The van der Waals surface area contributed by atoms with Crippen molar-refractivity contribution in [1.29, 1.82) is 0 Å². The van der Waals surface area contributed by atoms with Crippen molar-refractivity contribution < 1.29 is 14.3 Å². The number of nitrogens with one attached hydrogen (secondary N) is 3. The van der Waals surface area contributed by atoms with E-state index in [1.54, 1.807) is 32.4 Å². The summed E-state index contributed by atoms with van der Waals surface area (Å²) in [6.45, 7) is 1.83. The third kappa shape index (κ3) is 4.28. The molecule has 0 aliphatic carbocycles. The molecule has 2 aromatic rings. The standard InChI is InChI=1S/C20H20BrN3O3S/c1-11-17(18(24-20(28)22-11)12-4-6-13(21)7-5-12)19(25)23-15-9-8-14(26-2)10-16(15)27-3/h4-10,18H,1-3H3,(H,23,25)(H2,22,24,28). The second-order valence-corrected chi connectivity index (χ2v) is 7.47. The van der Waals surface area contributed by atoms with Gasteiger partial charge in [0.15, 0.2) is 5.11 Å². The van der Waals surface area contributed by atoms with Gasteiger partial charge in [0, 0.05) is 16.2 Å². The number of carbonyl (C=O) groups excluding carboxylic acids is 1. The second-order valence-electron chi connectivity index (χ2n) is 6.14. The van der Waals surface area contributed by atoms with Crippen LogP contribution in [0.1, 0.15) is 18.5 Å². The van der Waals surface area contributed by atoms with Crippen molar-refractivity contribution in [3.05, 3.63) is 63.8 Å². The van der Waals surface area contributed by atoms with Gasteiger partial charge in [-0.25, -0.2) is 0 Å². The number of benzene rings is 2. The van der Waals surface area contributed by atoms with Crippen LogP contribution in [0.25, 0.3) is 0 Å². The van der Waals surface area contributed by atoms with Gasteiger partial charge in [0.2, 0.25) is 0 Å².